The maximum Gasteiger partial charge on any atom is 0.451 e. The summed E-state index contributed by atoms with van der Waals surface area (Å²) in [4.78, 5) is 26.9. The number of carbonyl (C=O) groups is 2. The molecule has 0 spiro atoms. The summed E-state index contributed by atoms with van der Waals surface area (Å²) in [5.74, 6) is -5.87. The number of nitrogens with zero attached hydrogens (tertiary/aromatic N) is 4. The summed E-state index contributed by atoms with van der Waals surface area (Å²) in [5.41, 5.74) is -0.207. The number of fused-ring (bicyclic) bond motifs is 1. The Hall–Kier alpha value is -3.12. The molecule has 0 saturated heterocycles. The summed E-state index contributed by atoms with van der Waals surface area (Å²) in [6, 6.07) is 0.157. The molecule has 13 heteroatoms. The molecule has 2 heterocycles. The number of carbonyl (C=O) groups excluding carboxylic acids is 2. The van der Waals surface area contributed by atoms with Gasteiger partial charge in [0.05, 0.1) is 6.54 Å². The first kappa shape index (κ1) is 25.0. The molecule has 0 bridgehead atoms. The Morgan fingerprint density at radius 1 is 1.03 bits per heavy atom. The molecule has 1 atom stereocenters. The third-order valence-corrected chi connectivity index (χ3v) is 6.41. The zero-order valence-corrected chi connectivity index (χ0v) is 18.5. The van der Waals surface area contributed by atoms with Crippen LogP contribution >= 0.6 is 0 Å². The molecular weight excluding hydrogens is 480 g/mol. The van der Waals surface area contributed by atoms with Crippen molar-refractivity contribution in [3.63, 3.8) is 0 Å². The SMILES string of the molecule is O=C(NC(CC(=O)N1CCn2c(nnc2C(F)(F)F)C1)Cc1cc(F)c(F)cc1F)C1CCCC1. The van der Waals surface area contributed by atoms with Gasteiger partial charge in [-0.3, -0.25) is 9.59 Å². The monoisotopic (exact) mass is 503 g/mol. The molecule has 1 N–H and O–H groups in total. The Morgan fingerprint density at radius 2 is 1.71 bits per heavy atom. The molecule has 1 aromatic heterocycles. The lowest BCUT2D eigenvalue weighted by Gasteiger charge is -2.30. The van der Waals surface area contributed by atoms with E-state index in [-0.39, 0.29) is 55.7 Å². The van der Waals surface area contributed by atoms with Crippen LogP contribution in [0.5, 0.6) is 0 Å². The van der Waals surface area contributed by atoms with E-state index < -0.39 is 41.4 Å². The van der Waals surface area contributed by atoms with Gasteiger partial charge >= 0.3 is 6.18 Å². The maximum absolute atomic E-state index is 14.3. The molecule has 2 amide bonds. The van der Waals surface area contributed by atoms with Gasteiger partial charge in [0.2, 0.25) is 17.6 Å². The molecule has 1 unspecified atom stereocenters. The van der Waals surface area contributed by atoms with Gasteiger partial charge < -0.3 is 14.8 Å². The molecule has 1 saturated carbocycles. The standard InChI is InChI=1S/C22H23F6N5O2/c23-15-10-17(25)16(24)8-13(15)7-14(29-20(35)12-3-1-2-4-12)9-19(34)32-5-6-33-18(11-32)30-31-21(33)22(26,27)28/h8,10,12,14H,1-7,9,11H2,(H,29,35). The first-order valence-corrected chi connectivity index (χ1v) is 11.2. The number of hydrogen-bond acceptors (Lipinski definition) is 4. The topological polar surface area (TPSA) is 80.1 Å². The lowest BCUT2D eigenvalue weighted by atomic mass is 9.99. The summed E-state index contributed by atoms with van der Waals surface area (Å²) in [7, 11) is 0. The average Bonchev–Trinajstić information content (AvgIpc) is 3.46. The summed E-state index contributed by atoms with van der Waals surface area (Å²) < 4.78 is 81.4. The molecule has 2 aliphatic rings. The average molecular weight is 503 g/mol. The Morgan fingerprint density at radius 3 is 2.40 bits per heavy atom. The van der Waals surface area contributed by atoms with Crippen molar-refractivity contribution in [3.8, 4) is 0 Å². The van der Waals surface area contributed by atoms with E-state index in [1.54, 1.807) is 0 Å². The second kappa shape index (κ2) is 9.86. The second-order valence-electron chi connectivity index (χ2n) is 8.86. The van der Waals surface area contributed by atoms with Crippen LogP contribution < -0.4 is 5.32 Å². The molecule has 1 fully saturated rings. The number of amides is 2. The van der Waals surface area contributed by atoms with Crippen molar-refractivity contribution in [1.29, 1.82) is 0 Å². The summed E-state index contributed by atoms with van der Waals surface area (Å²) in [6.45, 7) is -0.430. The van der Waals surface area contributed by atoms with Gasteiger partial charge in [0, 0.05) is 37.5 Å². The Balaban J connectivity index is 1.49. The minimum absolute atomic E-state index is 0.0323. The number of hydrogen-bond donors (Lipinski definition) is 1. The quantitative estimate of drug-likeness (QED) is 0.485. The van der Waals surface area contributed by atoms with E-state index in [1.165, 1.54) is 4.90 Å². The lowest BCUT2D eigenvalue weighted by Crippen LogP contribution is -2.45. The van der Waals surface area contributed by atoms with Crippen molar-refractivity contribution in [2.45, 2.75) is 63.8 Å². The minimum Gasteiger partial charge on any atom is -0.352 e. The second-order valence-corrected chi connectivity index (χ2v) is 8.86. The van der Waals surface area contributed by atoms with Gasteiger partial charge in [0.15, 0.2) is 17.5 Å². The lowest BCUT2D eigenvalue weighted by molar-refractivity contribution is -0.148. The highest BCUT2D eigenvalue weighted by molar-refractivity contribution is 5.81. The number of benzene rings is 1. The highest BCUT2D eigenvalue weighted by Crippen LogP contribution is 2.30. The molecule has 190 valence electrons. The number of nitrogens with one attached hydrogen (secondary N) is 1. The molecule has 35 heavy (non-hydrogen) atoms. The van der Waals surface area contributed by atoms with E-state index in [4.69, 9.17) is 0 Å². The first-order chi connectivity index (χ1) is 16.5. The van der Waals surface area contributed by atoms with Crippen LogP contribution in [0.1, 0.15) is 49.3 Å². The smallest absolute Gasteiger partial charge is 0.352 e. The van der Waals surface area contributed by atoms with Crippen LogP contribution in [0.2, 0.25) is 0 Å². The third kappa shape index (κ3) is 5.59. The van der Waals surface area contributed by atoms with Crippen molar-refractivity contribution in [1.82, 2.24) is 25.0 Å². The van der Waals surface area contributed by atoms with E-state index in [1.807, 2.05) is 0 Å². The summed E-state index contributed by atoms with van der Waals surface area (Å²) >= 11 is 0. The predicted molar refractivity (Wildman–Crippen MR) is 109 cm³/mol. The van der Waals surface area contributed by atoms with Crippen LogP contribution in [0, 0.1) is 23.4 Å². The van der Waals surface area contributed by atoms with E-state index in [9.17, 15) is 35.9 Å². The first-order valence-electron chi connectivity index (χ1n) is 11.2. The van der Waals surface area contributed by atoms with Gasteiger partial charge in [-0.05, 0) is 30.9 Å². The molecular formula is C22H23F6N5O2. The Bertz CT molecular complexity index is 1110. The van der Waals surface area contributed by atoms with Gasteiger partial charge in [-0.1, -0.05) is 12.8 Å². The third-order valence-electron chi connectivity index (χ3n) is 6.41. The van der Waals surface area contributed by atoms with Crippen molar-refractivity contribution >= 4 is 11.8 Å². The number of rotatable bonds is 6. The molecule has 7 nitrogen and oxygen atoms in total. The van der Waals surface area contributed by atoms with E-state index in [0.29, 0.717) is 25.0 Å². The fourth-order valence-electron chi connectivity index (χ4n) is 4.59. The van der Waals surface area contributed by atoms with E-state index in [2.05, 4.69) is 15.5 Å². The van der Waals surface area contributed by atoms with Crippen molar-refractivity contribution in [2.75, 3.05) is 6.54 Å². The zero-order valence-electron chi connectivity index (χ0n) is 18.5. The normalized spacial score (nSPS) is 17.4. The fourth-order valence-corrected chi connectivity index (χ4v) is 4.59. The molecule has 1 aromatic carbocycles. The maximum atomic E-state index is 14.3. The Labute approximate surface area is 196 Å². The van der Waals surface area contributed by atoms with Gasteiger partial charge in [0.25, 0.3) is 0 Å². The van der Waals surface area contributed by atoms with E-state index >= 15 is 0 Å². The molecule has 1 aliphatic heterocycles. The molecule has 0 radical (unpaired) electrons. The fraction of sp³-hybridized carbons (Fsp3) is 0.545. The van der Waals surface area contributed by atoms with Gasteiger partial charge in [-0.25, -0.2) is 13.2 Å². The zero-order chi connectivity index (χ0) is 25.3. The van der Waals surface area contributed by atoms with Crippen LogP contribution in [0.4, 0.5) is 26.3 Å². The van der Waals surface area contributed by atoms with Crippen LogP contribution in [-0.4, -0.2) is 44.1 Å². The predicted octanol–water partition coefficient (Wildman–Crippen LogP) is 3.36. The minimum atomic E-state index is -4.68. The largest absolute Gasteiger partial charge is 0.451 e. The van der Waals surface area contributed by atoms with Crippen molar-refractivity contribution in [2.24, 2.45) is 5.92 Å². The highest BCUT2D eigenvalue weighted by atomic mass is 19.4. The number of aromatic nitrogens is 3. The van der Waals surface area contributed by atoms with Crippen LogP contribution in [-0.2, 0) is 35.3 Å². The summed E-state index contributed by atoms with van der Waals surface area (Å²) in [6.07, 6.45) is -2.14. The van der Waals surface area contributed by atoms with Crippen LogP contribution in [0.25, 0.3) is 0 Å². The van der Waals surface area contributed by atoms with Crippen LogP contribution in [0.15, 0.2) is 12.1 Å². The highest BCUT2D eigenvalue weighted by Gasteiger charge is 2.40. The Kier molecular flexibility index (Phi) is 7.04. The van der Waals surface area contributed by atoms with Gasteiger partial charge in [-0.2, -0.15) is 13.2 Å². The van der Waals surface area contributed by atoms with Crippen molar-refractivity contribution in [3.05, 3.63) is 46.8 Å². The van der Waals surface area contributed by atoms with Gasteiger partial charge in [0.1, 0.15) is 5.82 Å². The van der Waals surface area contributed by atoms with Gasteiger partial charge in [-0.15, -0.1) is 10.2 Å². The number of alkyl halides is 3. The van der Waals surface area contributed by atoms with E-state index in [0.717, 1.165) is 17.4 Å². The molecule has 4 rings (SSSR count). The number of halogens is 6. The van der Waals surface area contributed by atoms with Crippen LogP contribution in [0.3, 0.4) is 0 Å². The van der Waals surface area contributed by atoms with Crippen molar-refractivity contribution < 1.29 is 35.9 Å². The summed E-state index contributed by atoms with van der Waals surface area (Å²) in [5, 5.41) is 9.44. The molecule has 1 aliphatic carbocycles. The molecule has 2 aromatic rings.